The average Bonchev–Trinajstić information content (AvgIpc) is 3.25. The van der Waals surface area contributed by atoms with Crippen molar-refractivity contribution < 1.29 is 18.3 Å². The highest BCUT2D eigenvalue weighted by atomic mass is 28.3. The van der Waals surface area contributed by atoms with Gasteiger partial charge in [-0.25, -0.2) is 8.78 Å². The molecule has 0 amide bonds. The first-order valence-corrected chi connectivity index (χ1v) is 16.8. The van der Waals surface area contributed by atoms with Gasteiger partial charge in [0.1, 0.15) is 11.6 Å². The average molecular weight is 541 g/mol. The number of aromatic nitrogens is 1. The van der Waals surface area contributed by atoms with Crippen LogP contribution in [-0.2, 0) is 16.1 Å². The minimum absolute atomic E-state index is 0.0421. The first kappa shape index (κ1) is 29.8. The van der Waals surface area contributed by atoms with Gasteiger partial charge in [-0.2, -0.15) is 0 Å². The van der Waals surface area contributed by atoms with Gasteiger partial charge in [0.25, 0.3) is 0 Å². The summed E-state index contributed by atoms with van der Waals surface area (Å²) in [7, 11) is -0.706. The molecule has 3 aromatic rings. The van der Waals surface area contributed by atoms with Crippen LogP contribution in [0.25, 0.3) is 11.1 Å². The third-order valence-corrected chi connectivity index (χ3v) is 8.03. The molecule has 1 heterocycles. The van der Waals surface area contributed by atoms with E-state index in [1.807, 2.05) is 30.5 Å². The van der Waals surface area contributed by atoms with Gasteiger partial charge in [-0.15, -0.1) is 0 Å². The van der Waals surface area contributed by atoms with Crippen molar-refractivity contribution in [1.82, 2.24) is 9.88 Å². The van der Waals surface area contributed by atoms with Crippen LogP contribution in [0, 0.1) is 17.0 Å². The van der Waals surface area contributed by atoms with Crippen LogP contribution in [0.1, 0.15) is 57.3 Å². The lowest BCUT2D eigenvalue weighted by Crippen LogP contribution is -2.34. The fourth-order valence-electron chi connectivity index (χ4n) is 4.53. The van der Waals surface area contributed by atoms with Crippen molar-refractivity contribution in [2.45, 2.75) is 71.8 Å². The lowest BCUT2D eigenvalue weighted by Gasteiger charge is -2.33. The molecule has 0 saturated carbocycles. The molecular weight excluding hydrogens is 498 g/mol. The number of esters is 1. The number of nitrogens with zero attached hydrogens (tertiary/aromatic N) is 1. The van der Waals surface area contributed by atoms with Gasteiger partial charge in [0.05, 0.1) is 12.6 Å². The number of ether oxygens (including phenoxy) is 1. The Morgan fingerprint density at radius 2 is 1.79 bits per heavy atom. The quantitative estimate of drug-likeness (QED) is 0.140. The fraction of sp³-hybridized carbons (Fsp3) is 0.452. The largest absolute Gasteiger partial charge is 0.466 e. The Labute approximate surface area is 228 Å². The molecule has 0 spiro atoms. The van der Waals surface area contributed by atoms with Crippen molar-refractivity contribution in [3.63, 3.8) is 0 Å². The number of carbonyl (C=O) groups is 1. The molecule has 0 unspecified atom stereocenters. The minimum Gasteiger partial charge on any atom is -0.466 e. The number of benzene rings is 2. The van der Waals surface area contributed by atoms with E-state index in [0.29, 0.717) is 25.1 Å². The predicted molar refractivity (Wildman–Crippen MR) is 154 cm³/mol. The van der Waals surface area contributed by atoms with Crippen LogP contribution in [0.2, 0.25) is 19.1 Å². The van der Waals surface area contributed by atoms with E-state index < -0.39 is 20.4 Å². The summed E-state index contributed by atoms with van der Waals surface area (Å²) < 4.78 is 36.2. The number of unbranched alkanes of at least 4 members (excludes halogenated alkanes) is 1. The SMILES string of the molecule is C[SiH](C)CCOC(=O)CCCCN[C@@H](c1cc(-c2cc(F)ccc2F)cn1Cc1ccccc1)C(C)(C)C. The number of hydrogen-bond acceptors (Lipinski definition) is 3. The zero-order valence-electron chi connectivity index (χ0n) is 23.4. The molecule has 2 aromatic carbocycles. The van der Waals surface area contributed by atoms with E-state index >= 15 is 0 Å². The van der Waals surface area contributed by atoms with Gasteiger partial charge in [-0.1, -0.05) is 64.2 Å². The Hall–Kier alpha value is -2.77. The Balaban J connectivity index is 1.77. The van der Waals surface area contributed by atoms with Gasteiger partial charge in [0, 0.05) is 44.8 Å². The highest BCUT2D eigenvalue weighted by Crippen LogP contribution is 2.37. The summed E-state index contributed by atoms with van der Waals surface area (Å²) in [5, 5.41) is 3.69. The number of rotatable bonds is 13. The van der Waals surface area contributed by atoms with Crippen molar-refractivity contribution in [1.29, 1.82) is 0 Å². The molecule has 0 aliphatic heterocycles. The summed E-state index contributed by atoms with van der Waals surface area (Å²) in [5.74, 6) is -1.03. The second-order valence-electron chi connectivity index (χ2n) is 11.5. The minimum atomic E-state index is -0.706. The second-order valence-corrected chi connectivity index (χ2v) is 14.9. The van der Waals surface area contributed by atoms with Crippen LogP contribution in [0.4, 0.5) is 8.78 Å². The van der Waals surface area contributed by atoms with Crippen LogP contribution < -0.4 is 5.32 Å². The maximum Gasteiger partial charge on any atom is 0.305 e. The van der Waals surface area contributed by atoms with Gasteiger partial charge in [-0.05, 0) is 60.7 Å². The molecule has 4 nitrogen and oxygen atoms in total. The highest BCUT2D eigenvalue weighted by Gasteiger charge is 2.29. The van der Waals surface area contributed by atoms with Crippen LogP contribution in [-0.4, -0.2) is 32.5 Å². The number of carbonyl (C=O) groups excluding carboxylic acids is 1. The van der Waals surface area contributed by atoms with Gasteiger partial charge in [-0.3, -0.25) is 4.79 Å². The monoisotopic (exact) mass is 540 g/mol. The molecule has 38 heavy (non-hydrogen) atoms. The van der Waals surface area contributed by atoms with Gasteiger partial charge >= 0.3 is 5.97 Å². The van der Waals surface area contributed by atoms with E-state index in [-0.39, 0.29) is 23.0 Å². The molecule has 0 radical (unpaired) electrons. The molecule has 0 aliphatic carbocycles. The molecular formula is C31H42F2N2O2Si. The molecule has 206 valence electrons. The van der Waals surface area contributed by atoms with Gasteiger partial charge < -0.3 is 14.6 Å². The summed E-state index contributed by atoms with van der Waals surface area (Å²) in [6.07, 6.45) is 3.93. The van der Waals surface area contributed by atoms with Crippen LogP contribution in [0.15, 0.2) is 60.8 Å². The molecule has 7 heteroatoms. The molecule has 1 atom stereocenters. The first-order chi connectivity index (χ1) is 18.0. The van der Waals surface area contributed by atoms with E-state index in [1.54, 1.807) is 0 Å². The first-order valence-electron chi connectivity index (χ1n) is 13.6. The maximum absolute atomic E-state index is 14.7. The third kappa shape index (κ3) is 8.91. The number of hydrogen-bond donors (Lipinski definition) is 1. The Bertz CT molecular complexity index is 1170. The molecule has 3 rings (SSSR count). The Kier molecular flexibility index (Phi) is 10.9. The standard InChI is InChI=1S/C31H42F2N2O2Si/c1-31(2,3)30(34-16-10-9-13-29(36)37-17-18-38(4)5)28-19-24(26-20-25(32)14-15-27(26)33)22-35(28)21-23-11-7-6-8-12-23/h6-8,11-12,14-15,19-20,22,30,34,38H,9-10,13,16-18,21H2,1-5H3/t30-/m0/s1. The number of halogens is 2. The molecule has 0 aliphatic rings. The van der Waals surface area contributed by atoms with Crippen molar-refractivity contribution >= 4 is 14.8 Å². The van der Waals surface area contributed by atoms with E-state index in [1.165, 1.54) is 12.1 Å². The Morgan fingerprint density at radius 3 is 2.47 bits per heavy atom. The summed E-state index contributed by atoms with van der Waals surface area (Å²) in [4.78, 5) is 12.0. The van der Waals surface area contributed by atoms with E-state index in [2.05, 4.69) is 55.9 Å². The van der Waals surface area contributed by atoms with Gasteiger partial charge in [0.2, 0.25) is 0 Å². The maximum atomic E-state index is 14.7. The van der Waals surface area contributed by atoms with E-state index in [9.17, 15) is 13.6 Å². The summed E-state index contributed by atoms with van der Waals surface area (Å²) in [6.45, 7) is 12.9. The predicted octanol–water partition coefficient (Wildman–Crippen LogP) is 7.36. The fourth-order valence-corrected chi connectivity index (χ4v) is 5.12. The van der Waals surface area contributed by atoms with Crippen molar-refractivity contribution in [2.75, 3.05) is 13.2 Å². The molecule has 1 N–H and O–H groups in total. The topological polar surface area (TPSA) is 43.3 Å². The van der Waals surface area contributed by atoms with E-state index in [4.69, 9.17) is 4.74 Å². The molecule has 0 saturated heterocycles. The third-order valence-electron chi connectivity index (χ3n) is 6.64. The molecule has 0 bridgehead atoms. The zero-order chi connectivity index (χ0) is 27.7. The van der Waals surface area contributed by atoms with Gasteiger partial charge in [0.15, 0.2) is 0 Å². The second kappa shape index (κ2) is 13.9. The summed E-state index contributed by atoms with van der Waals surface area (Å²) >= 11 is 0. The zero-order valence-corrected chi connectivity index (χ0v) is 24.6. The normalized spacial score (nSPS) is 12.6. The lowest BCUT2D eigenvalue weighted by molar-refractivity contribution is -0.143. The Morgan fingerprint density at radius 1 is 1.05 bits per heavy atom. The van der Waals surface area contributed by atoms with Crippen LogP contribution in [0.3, 0.4) is 0 Å². The van der Waals surface area contributed by atoms with Crippen molar-refractivity contribution in [2.24, 2.45) is 5.41 Å². The molecule has 0 fully saturated rings. The van der Waals surface area contributed by atoms with Crippen molar-refractivity contribution in [3.05, 3.63) is 83.7 Å². The smallest absolute Gasteiger partial charge is 0.305 e. The highest BCUT2D eigenvalue weighted by molar-refractivity contribution is 6.55. The van der Waals surface area contributed by atoms with Crippen LogP contribution in [0.5, 0.6) is 0 Å². The van der Waals surface area contributed by atoms with E-state index in [0.717, 1.165) is 42.8 Å². The number of nitrogens with one attached hydrogen (secondary N) is 1. The lowest BCUT2D eigenvalue weighted by atomic mass is 9.84. The summed E-state index contributed by atoms with van der Waals surface area (Å²) in [6, 6.07) is 16.6. The molecule has 1 aromatic heterocycles. The van der Waals surface area contributed by atoms with Crippen LogP contribution >= 0.6 is 0 Å². The summed E-state index contributed by atoms with van der Waals surface area (Å²) in [5.41, 5.74) is 2.89. The van der Waals surface area contributed by atoms with Crippen molar-refractivity contribution in [3.8, 4) is 11.1 Å².